The molecule has 6 atom stereocenters. The fourth-order valence-corrected chi connectivity index (χ4v) is 8.58. The first kappa shape index (κ1) is 69.6. The summed E-state index contributed by atoms with van der Waals surface area (Å²) in [4.78, 5) is 3.32. The Labute approximate surface area is 470 Å². The summed E-state index contributed by atoms with van der Waals surface area (Å²) in [5, 5.41) is 51.1. The molecule has 0 amide bonds. The first-order valence-electron chi connectivity index (χ1n) is 24.5. The number of benzene rings is 4. The van der Waals surface area contributed by atoms with Crippen molar-refractivity contribution in [2.24, 2.45) is 0 Å². The van der Waals surface area contributed by atoms with E-state index in [1.54, 1.807) is 43.5 Å². The van der Waals surface area contributed by atoms with Crippen LogP contribution in [0.5, 0.6) is 23.0 Å². The summed E-state index contributed by atoms with van der Waals surface area (Å²) in [5.41, 5.74) is 3.23. The van der Waals surface area contributed by atoms with Crippen LogP contribution in [0, 0.1) is 0 Å². The minimum absolute atomic E-state index is 0. The summed E-state index contributed by atoms with van der Waals surface area (Å²) in [5.74, 6) is 1.22. The number of likely N-dealkylation sites (N-methyl/N-ethyl adjacent to an activating group) is 1. The van der Waals surface area contributed by atoms with Crippen molar-refractivity contribution in [3.05, 3.63) is 119 Å². The van der Waals surface area contributed by atoms with Crippen LogP contribution in [0.2, 0.25) is 0 Å². The predicted octanol–water partition coefficient (Wildman–Crippen LogP) is 2.85. The van der Waals surface area contributed by atoms with Crippen LogP contribution in [0.4, 0.5) is 0 Å². The molecule has 0 heterocycles. The molecule has 0 aliphatic heterocycles. The molecule has 19 heteroatoms. The van der Waals surface area contributed by atoms with Crippen LogP contribution in [0.3, 0.4) is 0 Å². The van der Waals surface area contributed by atoms with E-state index in [0.717, 1.165) is 33.7 Å². The molecule has 0 radical (unpaired) electrons. The van der Waals surface area contributed by atoms with Crippen LogP contribution in [0.25, 0.3) is 0 Å². The number of hydrogen-bond donors (Lipinski definition) is 5. The summed E-state index contributed by atoms with van der Waals surface area (Å²) in [6.07, 6.45) is -4.11. The Kier molecular flexibility index (Phi) is 32.0. The Morgan fingerprint density at radius 3 is 1.23 bits per heavy atom. The topological polar surface area (TPSA) is 229 Å². The smallest absolute Gasteiger partial charge is 0.747 e. The third-order valence-corrected chi connectivity index (χ3v) is 13.1. The molecule has 0 saturated carbocycles. The van der Waals surface area contributed by atoms with Gasteiger partial charge in [0.25, 0.3) is 0 Å². The Morgan fingerprint density at radius 1 is 0.560 bits per heavy atom. The van der Waals surface area contributed by atoms with Crippen LogP contribution < -0.4 is 48.5 Å². The number of methoxy groups -OCH3 is 1. The monoisotopic (exact) mass is 1080 g/mol. The van der Waals surface area contributed by atoms with Gasteiger partial charge in [0.15, 0.2) is 0 Å². The van der Waals surface area contributed by atoms with Gasteiger partial charge >= 0.3 is 29.6 Å². The second kappa shape index (κ2) is 34.5. The zero-order chi connectivity index (χ0) is 52.9. The van der Waals surface area contributed by atoms with E-state index >= 15 is 0 Å². The van der Waals surface area contributed by atoms with Crippen LogP contribution in [-0.4, -0.2) is 183 Å². The van der Waals surface area contributed by atoms with Gasteiger partial charge in [-0.1, -0.05) is 98.0 Å². The number of hydrogen-bond acceptors (Lipinski definition) is 17. The van der Waals surface area contributed by atoms with Gasteiger partial charge in [-0.05, 0) is 91.2 Å². The second-order valence-electron chi connectivity index (χ2n) is 19.3. The molecule has 75 heavy (non-hydrogen) atoms. The van der Waals surface area contributed by atoms with E-state index in [1.807, 2.05) is 67.6 Å². The van der Waals surface area contributed by atoms with E-state index < -0.39 is 51.2 Å². The molecule has 6 unspecified atom stereocenters. The molecule has 4 aromatic rings. The minimum atomic E-state index is -4.75. The molecule has 0 aromatic heterocycles. The zero-order valence-electron chi connectivity index (χ0n) is 44.2. The molecule has 4 rings (SSSR count). The fourth-order valence-electron chi connectivity index (χ4n) is 7.92. The molecule has 17 nitrogen and oxygen atoms in total. The van der Waals surface area contributed by atoms with E-state index in [9.17, 15) is 33.4 Å². The van der Waals surface area contributed by atoms with Crippen molar-refractivity contribution in [2.45, 2.75) is 111 Å². The van der Waals surface area contributed by atoms with Gasteiger partial charge in [-0.25, -0.2) is 8.42 Å². The van der Waals surface area contributed by atoms with Crippen molar-refractivity contribution in [1.29, 1.82) is 0 Å². The summed E-state index contributed by atoms with van der Waals surface area (Å²) < 4.78 is 75.1. The normalized spacial score (nSPS) is 14.3. The number of ether oxygens (including phenoxy) is 7. The van der Waals surface area contributed by atoms with E-state index in [2.05, 4.69) is 46.4 Å². The maximum atomic E-state index is 11.8. The van der Waals surface area contributed by atoms with Gasteiger partial charge in [0.2, 0.25) is 0 Å². The van der Waals surface area contributed by atoms with Crippen molar-refractivity contribution in [1.82, 2.24) is 9.80 Å². The van der Waals surface area contributed by atoms with Crippen LogP contribution in [0.1, 0.15) is 85.6 Å². The molecule has 0 bridgehead atoms. The Morgan fingerprint density at radius 2 is 0.907 bits per heavy atom. The first-order valence-corrected chi connectivity index (χ1v) is 26.1. The quantitative estimate of drug-likeness (QED) is 0.0254. The van der Waals surface area contributed by atoms with E-state index in [0.29, 0.717) is 56.0 Å². The number of aliphatic hydroxyl groups excluding tert-OH is 5. The Hall–Kier alpha value is -3.41. The van der Waals surface area contributed by atoms with Gasteiger partial charge in [0.05, 0.1) is 45.0 Å². The summed E-state index contributed by atoms with van der Waals surface area (Å²) in [6.45, 7) is 16.5. The molecular weight excluding hydrogens is 996 g/mol. The van der Waals surface area contributed by atoms with Gasteiger partial charge in [0.1, 0.15) is 84.0 Å². The minimum Gasteiger partial charge on any atom is -0.747 e. The number of aliphatic hydroxyl groups is 5. The van der Waals surface area contributed by atoms with Gasteiger partial charge in [-0.3, -0.25) is 9.80 Å². The van der Waals surface area contributed by atoms with Crippen molar-refractivity contribution >= 4 is 10.1 Å². The summed E-state index contributed by atoms with van der Waals surface area (Å²) in [6, 6.07) is 30.1. The molecule has 5 N–H and O–H groups in total. The SMILES string of the molecule is C.C.CCN(CC(O)COc1ccc(C(C)(C)c2ccc(OCC(O)CN(CC(O)COc3ccc(C(C)(C)c4ccc(OCC(O)CO)cc4)cc3)CS(=O)(=O)[O-])cc2)cc1)C(C)COC(C)COCCOC.[Na+]. The van der Waals surface area contributed by atoms with Gasteiger partial charge in [-0.15, -0.1) is 0 Å². The van der Waals surface area contributed by atoms with Crippen LogP contribution in [0.15, 0.2) is 97.1 Å². The maximum Gasteiger partial charge on any atom is 1.00 e. The molecule has 0 fully saturated rings. The van der Waals surface area contributed by atoms with E-state index in [1.165, 1.54) is 0 Å². The largest absolute Gasteiger partial charge is 1.00 e. The summed E-state index contributed by atoms with van der Waals surface area (Å²) in [7, 11) is -3.11. The van der Waals surface area contributed by atoms with Crippen LogP contribution in [-0.2, 0) is 35.2 Å². The standard InChI is InChI=1S/C54H80N2O15S.2CH4.Na/c1-9-56(39(2)32-67-40(3)33-66-27-26-65-8)30-47(60)36-70-51-22-14-43(15-23-51)53(4,5)41-10-18-49(19-11-41)68-34-45(58)28-55(38-72(62,63)64)29-46(59)35-69-50-20-12-42(13-21-50)54(6,7)44-16-24-52(25-17-44)71-37-48(61)31-57;;;/h10-25,39-40,45-48,57-61H,9,26-38H2,1-8H3,(H,62,63,64);2*1H4;/q;;;+1/p-1. The van der Waals surface area contributed by atoms with Gasteiger partial charge in [-0.2, -0.15) is 0 Å². The maximum absolute atomic E-state index is 11.8. The van der Waals surface area contributed by atoms with Gasteiger partial charge in [0, 0.05) is 43.6 Å². The third-order valence-electron chi connectivity index (χ3n) is 12.4. The zero-order valence-corrected chi connectivity index (χ0v) is 47.0. The Bertz CT molecular complexity index is 2240. The summed E-state index contributed by atoms with van der Waals surface area (Å²) >= 11 is 0. The average molecular weight is 1080 g/mol. The molecule has 0 aliphatic rings. The Balaban J connectivity index is 0.00000937. The van der Waals surface area contributed by atoms with Crippen molar-refractivity contribution in [2.75, 3.05) is 98.6 Å². The van der Waals surface area contributed by atoms with Crippen molar-refractivity contribution in [3.8, 4) is 23.0 Å². The molecule has 0 saturated heterocycles. The van der Waals surface area contributed by atoms with E-state index in [-0.39, 0.29) is 103 Å². The second-order valence-corrected chi connectivity index (χ2v) is 20.6. The van der Waals surface area contributed by atoms with Crippen LogP contribution >= 0.6 is 0 Å². The molecule has 418 valence electrons. The molecule has 4 aromatic carbocycles. The van der Waals surface area contributed by atoms with Crippen molar-refractivity contribution in [3.63, 3.8) is 0 Å². The predicted molar refractivity (Wildman–Crippen MR) is 288 cm³/mol. The number of rotatable bonds is 35. The van der Waals surface area contributed by atoms with E-state index in [4.69, 9.17) is 38.3 Å². The van der Waals surface area contributed by atoms with Crippen molar-refractivity contribution < 1.29 is 101 Å². The average Bonchev–Trinajstić information content (AvgIpc) is 3.35. The molecule has 0 spiro atoms. The molecule has 0 aliphatic carbocycles. The third kappa shape index (κ3) is 24.4. The van der Waals surface area contributed by atoms with Gasteiger partial charge < -0.3 is 63.2 Å². The fraction of sp³-hybridized carbons (Fsp3) is 0.571. The number of nitrogens with zero attached hydrogens (tertiary/aromatic N) is 2. The first-order chi connectivity index (χ1) is 34.1. The molecular formula is C56H87N2NaO15S.